The second kappa shape index (κ2) is 11.0. The van der Waals surface area contributed by atoms with Gasteiger partial charge in [0.05, 0.1) is 13.3 Å². The Morgan fingerprint density at radius 3 is 2.21 bits per heavy atom. The maximum absolute atomic E-state index is 11.8. The van der Waals surface area contributed by atoms with Crippen LogP contribution in [-0.4, -0.2) is 59.5 Å². The fraction of sp³-hybridized carbons (Fsp3) is 0.391. The van der Waals surface area contributed by atoms with E-state index in [4.69, 9.17) is 23.7 Å². The highest BCUT2D eigenvalue weighted by atomic mass is 32.2. The summed E-state index contributed by atoms with van der Waals surface area (Å²) >= 11 is 1.28. The molecule has 1 aromatic heterocycles. The Hall–Kier alpha value is -3.27. The number of hydrogen-bond donors (Lipinski definition) is 0. The summed E-state index contributed by atoms with van der Waals surface area (Å²) in [6, 6.07) is 9.30. The molecule has 0 aliphatic carbocycles. The van der Waals surface area contributed by atoms with Crippen molar-refractivity contribution in [2.24, 2.45) is 0 Å². The van der Waals surface area contributed by atoms with E-state index in [9.17, 15) is 14.4 Å². The molecule has 176 valence electrons. The number of aromatic nitrogens is 1. The van der Waals surface area contributed by atoms with Crippen LogP contribution >= 0.6 is 11.8 Å². The van der Waals surface area contributed by atoms with E-state index in [0.29, 0.717) is 11.5 Å². The number of methoxy groups -OCH3 is 1. The first kappa shape index (κ1) is 24.4. The average Bonchev–Trinajstić information content (AvgIpc) is 2.77. The molecule has 3 rings (SSSR count). The molecule has 0 amide bonds. The van der Waals surface area contributed by atoms with Gasteiger partial charge in [-0.3, -0.25) is 19.4 Å². The number of hydrogen-bond acceptors (Lipinski definition) is 10. The Morgan fingerprint density at radius 1 is 0.879 bits per heavy atom. The van der Waals surface area contributed by atoms with Gasteiger partial charge in [0.2, 0.25) is 0 Å². The Labute approximate surface area is 195 Å². The van der Waals surface area contributed by atoms with Crippen LogP contribution in [0.4, 0.5) is 0 Å². The molecule has 2 aromatic rings. The number of thioether (sulfide) groups is 1. The first-order valence-corrected chi connectivity index (χ1v) is 11.2. The molecule has 33 heavy (non-hydrogen) atoms. The Bertz CT molecular complexity index is 1010. The number of benzene rings is 1. The van der Waals surface area contributed by atoms with Crippen LogP contribution in [0.2, 0.25) is 0 Å². The average molecular weight is 476 g/mol. The van der Waals surface area contributed by atoms with Gasteiger partial charge in [0.15, 0.2) is 23.7 Å². The van der Waals surface area contributed by atoms with Crippen molar-refractivity contribution in [2.45, 2.75) is 44.5 Å². The molecule has 1 saturated heterocycles. The monoisotopic (exact) mass is 475 g/mol. The summed E-state index contributed by atoms with van der Waals surface area (Å²) in [5.41, 5.74) is 0.950. The van der Waals surface area contributed by atoms with Gasteiger partial charge in [-0.05, 0) is 23.8 Å². The van der Waals surface area contributed by atoms with Gasteiger partial charge in [0, 0.05) is 38.3 Å². The summed E-state index contributed by atoms with van der Waals surface area (Å²) in [6.07, 6.45) is 0.416. The van der Waals surface area contributed by atoms with E-state index in [1.807, 2.05) is 24.3 Å². The molecule has 1 aliphatic heterocycles. The fourth-order valence-electron chi connectivity index (χ4n) is 3.39. The summed E-state index contributed by atoms with van der Waals surface area (Å²) in [7, 11) is 1.59. The van der Waals surface area contributed by atoms with E-state index >= 15 is 0 Å². The summed E-state index contributed by atoms with van der Waals surface area (Å²) in [5, 5.41) is 0. The van der Waals surface area contributed by atoms with Crippen molar-refractivity contribution in [3.8, 4) is 22.6 Å². The van der Waals surface area contributed by atoms with E-state index in [1.54, 1.807) is 19.4 Å². The molecule has 4 atom stereocenters. The van der Waals surface area contributed by atoms with Crippen LogP contribution in [0.15, 0.2) is 42.7 Å². The molecule has 1 aromatic carbocycles. The van der Waals surface area contributed by atoms with Crippen LogP contribution in [0.5, 0.6) is 11.5 Å². The third kappa shape index (κ3) is 6.61. The largest absolute Gasteiger partial charge is 0.497 e. The smallest absolute Gasteiger partial charge is 0.303 e. The molecule has 0 radical (unpaired) electrons. The van der Waals surface area contributed by atoms with Crippen molar-refractivity contribution in [1.29, 1.82) is 0 Å². The minimum Gasteiger partial charge on any atom is -0.497 e. The maximum atomic E-state index is 11.8. The van der Waals surface area contributed by atoms with Crippen LogP contribution in [-0.2, 0) is 28.6 Å². The van der Waals surface area contributed by atoms with Crippen LogP contribution in [0, 0.1) is 0 Å². The molecule has 1 fully saturated rings. The Balaban J connectivity index is 1.87. The predicted octanol–water partition coefficient (Wildman–Crippen LogP) is 3.00. The standard InChI is InChI=1S/C23H25NO8S/c1-13(25)29-20-12-33-23(22(31-15(3)27)21(20)30-14(2)26)32-19-9-17(10-24-11-19)16-6-5-7-18(8-16)28-4/h5-11,20-23H,12H2,1-4H3/t20-,21+,22-,23-/m1/s1. The van der Waals surface area contributed by atoms with Crippen LogP contribution in [0.25, 0.3) is 11.1 Å². The zero-order chi connectivity index (χ0) is 24.0. The zero-order valence-corrected chi connectivity index (χ0v) is 19.5. The highest BCUT2D eigenvalue weighted by Crippen LogP contribution is 2.35. The van der Waals surface area contributed by atoms with Gasteiger partial charge in [-0.2, -0.15) is 0 Å². The third-order valence-electron chi connectivity index (χ3n) is 4.67. The second-order valence-corrected chi connectivity index (χ2v) is 8.39. The van der Waals surface area contributed by atoms with E-state index in [2.05, 4.69) is 4.98 Å². The number of ether oxygens (including phenoxy) is 5. The lowest BCUT2D eigenvalue weighted by atomic mass is 10.1. The van der Waals surface area contributed by atoms with Gasteiger partial charge in [0.25, 0.3) is 0 Å². The first-order chi connectivity index (χ1) is 15.8. The highest BCUT2D eigenvalue weighted by molar-refractivity contribution is 7.99. The molecule has 0 spiro atoms. The van der Waals surface area contributed by atoms with Crippen molar-refractivity contribution in [3.05, 3.63) is 42.7 Å². The third-order valence-corrected chi connectivity index (χ3v) is 5.89. The van der Waals surface area contributed by atoms with Crippen LogP contribution < -0.4 is 9.47 Å². The van der Waals surface area contributed by atoms with E-state index < -0.39 is 41.7 Å². The van der Waals surface area contributed by atoms with Gasteiger partial charge in [-0.15, -0.1) is 11.8 Å². The summed E-state index contributed by atoms with van der Waals surface area (Å²) in [6.45, 7) is 3.73. The minimum atomic E-state index is -1.02. The molecule has 10 heteroatoms. The molecule has 9 nitrogen and oxygen atoms in total. The quantitative estimate of drug-likeness (QED) is 0.438. The SMILES string of the molecule is COc1cccc(-c2cncc(O[C@@H]3SC[C@@H](OC(C)=O)[C@H](OC(C)=O)[C@H]3OC(C)=O)c2)c1. The van der Waals surface area contributed by atoms with E-state index in [-0.39, 0.29) is 5.75 Å². The molecule has 2 heterocycles. The summed E-state index contributed by atoms with van der Waals surface area (Å²) < 4.78 is 27.5. The lowest BCUT2D eigenvalue weighted by Gasteiger charge is -2.39. The Morgan fingerprint density at radius 2 is 1.55 bits per heavy atom. The lowest BCUT2D eigenvalue weighted by Crippen LogP contribution is -2.55. The van der Waals surface area contributed by atoms with Crippen molar-refractivity contribution in [1.82, 2.24) is 4.98 Å². The summed E-state index contributed by atoms with van der Waals surface area (Å²) in [4.78, 5) is 39.3. The lowest BCUT2D eigenvalue weighted by molar-refractivity contribution is -0.186. The molecule has 0 N–H and O–H groups in total. The minimum absolute atomic E-state index is 0.281. The molecule has 0 bridgehead atoms. The van der Waals surface area contributed by atoms with E-state index in [0.717, 1.165) is 11.1 Å². The second-order valence-electron chi connectivity index (χ2n) is 7.26. The van der Waals surface area contributed by atoms with Crippen molar-refractivity contribution in [3.63, 3.8) is 0 Å². The number of carbonyl (C=O) groups is 3. The van der Waals surface area contributed by atoms with Crippen molar-refractivity contribution >= 4 is 29.7 Å². The maximum Gasteiger partial charge on any atom is 0.303 e. The van der Waals surface area contributed by atoms with Crippen LogP contribution in [0.3, 0.4) is 0 Å². The van der Waals surface area contributed by atoms with Crippen molar-refractivity contribution in [2.75, 3.05) is 12.9 Å². The molecule has 1 aliphatic rings. The highest BCUT2D eigenvalue weighted by Gasteiger charge is 2.47. The topological polar surface area (TPSA) is 110 Å². The number of pyridine rings is 1. The fourth-order valence-corrected chi connectivity index (χ4v) is 4.60. The van der Waals surface area contributed by atoms with Gasteiger partial charge < -0.3 is 23.7 Å². The Kier molecular flexibility index (Phi) is 8.16. The van der Waals surface area contributed by atoms with Crippen LogP contribution in [0.1, 0.15) is 20.8 Å². The van der Waals surface area contributed by atoms with Gasteiger partial charge in [-0.1, -0.05) is 12.1 Å². The first-order valence-electron chi connectivity index (χ1n) is 10.2. The van der Waals surface area contributed by atoms with E-state index in [1.165, 1.54) is 38.7 Å². The molecular formula is C23H25NO8S. The number of nitrogens with zero attached hydrogens (tertiary/aromatic N) is 1. The van der Waals surface area contributed by atoms with Crippen molar-refractivity contribution < 1.29 is 38.1 Å². The van der Waals surface area contributed by atoms with Gasteiger partial charge in [0.1, 0.15) is 11.5 Å². The summed E-state index contributed by atoms with van der Waals surface area (Å²) in [5.74, 6) is -0.299. The zero-order valence-electron chi connectivity index (χ0n) is 18.7. The number of carbonyl (C=O) groups excluding carboxylic acids is 3. The molecular weight excluding hydrogens is 450 g/mol. The number of rotatable bonds is 7. The van der Waals surface area contributed by atoms with Gasteiger partial charge >= 0.3 is 17.9 Å². The molecule has 0 unspecified atom stereocenters. The normalized spacial score (nSPS) is 22.1. The van der Waals surface area contributed by atoms with Gasteiger partial charge in [-0.25, -0.2) is 0 Å². The molecule has 0 saturated carbocycles. The predicted molar refractivity (Wildman–Crippen MR) is 120 cm³/mol. The number of esters is 3.